The highest BCUT2D eigenvalue weighted by molar-refractivity contribution is 5.86. The molecule has 0 radical (unpaired) electrons. The molecule has 22 heavy (non-hydrogen) atoms. The number of ether oxygens (including phenoxy) is 1. The molecule has 1 fully saturated rings. The number of hydrogen-bond acceptors (Lipinski definition) is 4. The fourth-order valence-electron chi connectivity index (χ4n) is 2.86. The van der Waals surface area contributed by atoms with Crippen molar-refractivity contribution in [3.05, 3.63) is 36.0 Å². The molecule has 3 atom stereocenters. The molecule has 2 heterocycles. The molecular formula is C16H20N2O4. The second kappa shape index (κ2) is 5.08. The summed E-state index contributed by atoms with van der Waals surface area (Å²) in [6.45, 7) is 4.82. The fourth-order valence-corrected chi connectivity index (χ4v) is 2.86. The maximum Gasteiger partial charge on any atom is 0.323 e. The average molecular weight is 304 g/mol. The number of aliphatic hydroxyl groups excluding tert-OH is 1. The first kappa shape index (κ1) is 15.0. The minimum absolute atomic E-state index is 0.112. The van der Waals surface area contributed by atoms with Crippen molar-refractivity contribution in [2.24, 2.45) is 5.73 Å². The molecule has 0 spiro atoms. The van der Waals surface area contributed by atoms with Crippen molar-refractivity contribution in [3.63, 3.8) is 0 Å². The Balaban J connectivity index is 2.14. The number of benzene rings is 1. The number of fused-ring (bicyclic) bond motifs is 1. The van der Waals surface area contributed by atoms with Gasteiger partial charge in [0, 0.05) is 22.7 Å². The van der Waals surface area contributed by atoms with Crippen LogP contribution in [0.1, 0.15) is 25.5 Å². The van der Waals surface area contributed by atoms with E-state index in [0.29, 0.717) is 12.2 Å². The van der Waals surface area contributed by atoms with E-state index in [0.717, 1.165) is 10.9 Å². The smallest absolute Gasteiger partial charge is 0.323 e. The van der Waals surface area contributed by atoms with Crippen LogP contribution in [0.4, 0.5) is 0 Å². The van der Waals surface area contributed by atoms with Gasteiger partial charge in [-0.05, 0) is 19.9 Å². The first-order chi connectivity index (χ1) is 10.3. The van der Waals surface area contributed by atoms with Crippen LogP contribution in [0.25, 0.3) is 10.9 Å². The molecule has 0 amide bonds. The Labute approximate surface area is 128 Å². The average Bonchev–Trinajstić information content (AvgIpc) is 3.27. The van der Waals surface area contributed by atoms with Crippen LogP contribution in [0.3, 0.4) is 0 Å². The number of carbonyl (C=O) groups is 1. The van der Waals surface area contributed by atoms with Crippen LogP contribution in [0.5, 0.6) is 0 Å². The third-order valence-corrected chi connectivity index (χ3v) is 4.43. The van der Waals surface area contributed by atoms with E-state index in [1.54, 1.807) is 6.20 Å². The Hall–Kier alpha value is -1.89. The molecule has 6 heteroatoms. The van der Waals surface area contributed by atoms with E-state index >= 15 is 0 Å². The van der Waals surface area contributed by atoms with Crippen molar-refractivity contribution in [2.75, 3.05) is 6.61 Å². The summed E-state index contributed by atoms with van der Waals surface area (Å²) in [4.78, 5) is 11.1. The Kier molecular flexibility index (Phi) is 3.47. The molecule has 3 rings (SSSR count). The number of carboxylic acid groups (broad SMARTS) is 1. The molecule has 1 aromatic heterocycles. The highest BCUT2D eigenvalue weighted by Gasteiger charge is 2.42. The lowest BCUT2D eigenvalue weighted by molar-refractivity contribution is -0.141. The van der Waals surface area contributed by atoms with E-state index < -0.39 is 18.1 Å². The number of aliphatic carboxylic acids is 1. The van der Waals surface area contributed by atoms with Crippen molar-refractivity contribution < 1.29 is 19.7 Å². The molecule has 118 valence electrons. The van der Waals surface area contributed by atoms with E-state index in [4.69, 9.17) is 15.6 Å². The number of para-hydroxylation sites is 1. The molecule has 0 bridgehead atoms. The number of rotatable bonds is 5. The zero-order chi connectivity index (χ0) is 16.1. The molecule has 1 aliphatic heterocycles. The zero-order valence-corrected chi connectivity index (χ0v) is 12.6. The van der Waals surface area contributed by atoms with Crippen LogP contribution in [0.2, 0.25) is 0 Å². The van der Waals surface area contributed by atoms with Crippen molar-refractivity contribution in [1.82, 2.24) is 4.57 Å². The van der Waals surface area contributed by atoms with Crippen LogP contribution in [0, 0.1) is 0 Å². The Morgan fingerprint density at radius 2 is 2.09 bits per heavy atom. The predicted molar refractivity (Wildman–Crippen MR) is 81.6 cm³/mol. The van der Waals surface area contributed by atoms with E-state index in [2.05, 4.69) is 13.8 Å². The summed E-state index contributed by atoms with van der Waals surface area (Å²) in [7, 11) is 0. The standard InChI is InChI=1S/C16H20N2O4/c1-16(2,12-8-22-12)18-7-10(14(19)13(17)15(20)21)9-5-3-4-6-11(9)18/h3-7,12-14,19H,8,17H2,1-2H3,(H,20,21)/t12-,13+,14-/m1/s1. The number of nitrogens with two attached hydrogens (primary N) is 1. The van der Waals surface area contributed by atoms with Gasteiger partial charge in [-0.15, -0.1) is 0 Å². The second-order valence-corrected chi connectivity index (χ2v) is 6.26. The Morgan fingerprint density at radius 3 is 2.68 bits per heavy atom. The van der Waals surface area contributed by atoms with E-state index in [9.17, 15) is 9.90 Å². The number of epoxide rings is 1. The van der Waals surface area contributed by atoms with Gasteiger partial charge in [-0.2, -0.15) is 0 Å². The van der Waals surface area contributed by atoms with E-state index in [-0.39, 0.29) is 11.6 Å². The minimum Gasteiger partial charge on any atom is -0.480 e. The van der Waals surface area contributed by atoms with E-state index in [1.807, 2.05) is 28.8 Å². The van der Waals surface area contributed by atoms with Gasteiger partial charge in [-0.25, -0.2) is 0 Å². The van der Waals surface area contributed by atoms with Gasteiger partial charge in [-0.3, -0.25) is 4.79 Å². The van der Waals surface area contributed by atoms with Gasteiger partial charge in [0.25, 0.3) is 0 Å². The Morgan fingerprint density at radius 1 is 1.45 bits per heavy atom. The van der Waals surface area contributed by atoms with Gasteiger partial charge in [0.05, 0.1) is 12.1 Å². The number of hydrogen-bond donors (Lipinski definition) is 3. The third kappa shape index (κ3) is 2.29. The van der Waals surface area contributed by atoms with Gasteiger partial charge in [0.2, 0.25) is 0 Å². The van der Waals surface area contributed by atoms with Crippen LogP contribution < -0.4 is 5.73 Å². The molecule has 1 saturated heterocycles. The maximum atomic E-state index is 11.1. The minimum atomic E-state index is -1.36. The monoisotopic (exact) mass is 304 g/mol. The molecule has 4 N–H and O–H groups in total. The number of aromatic nitrogens is 1. The third-order valence-electron chi connectivity index (χ3n) is 4.43. The lowest BCUT2D eigenvalue weighted by Gasteiger charge is -2.26. The molecule has 2 aromatic rings. The van der Waals surface area contributed by atoms with Crippen LogP contribution in [0.15, 0.2) is 30.5 Å². The van der Waals surface area contributed by atoms with Crippen molar-refractivity contribution >= 4 is 16.9 Å². The maximum absolute atomic E-state index is 11.1. The number of nitrogens with zero attached hydrogens (tertiary/aromatic N) is 1. The molecule has 0 saturated carbocycles. The lowest BCUT2D eigenvalue weighted by atomic mass is 10.0. The molecular weight excluding hydrogens is 284 g/mol. The van der Waals surface area contributed by atoms with Gasteiger partial charge >= 0.3 is 5.97 Å². The van der Waals surface area contributed by atoms with Gasteiger partial charge in [0.1, 0.15) is 18.2 Å². The summed E-state index contributed by atoms with van der Waals surface area (Å²) in [5, 5.41) is 20.2. The highest BCUT2D eigenvalue weighted by atomic mass is 16.6. The molecule has 0 aliphatic carbocycles. The molecule has 1 aromatic carbocycles. The largest absolute Gasteiger partial charge is 0.480 e. The molecule has 1 aliphatic rings. The van der Waals surface area contributed by atoms with E-state index in [1.165, 1.54) is 0 Å². The van der Waals surface area contributed by atoms with Crippen molar-refractivity contribution in [1.29, 1.82) is 0 Å². The predicted octanol–water partition coefficient (Wildman–Crippen LogP) is 1.22. The van der Waals surface area contributed by atoms with Crippen LogP contribution in [-0.2, 0) is 15.1 Å². The summed E-state index contributed by atoms with van der Waals surface area (Å²) < 4.78 is 7.46. The first-order valence-electron chi connectivity index (χ1n) is 7.22. The van der Waals surface area contributed by atoms with Gasteiger partial charge in [0.15, 0.2) is 0 Å². The second-order valence-electron chi connectivity index (χ2n) is 6.26. The summed E-state index contributed by atoms with van der Waals surface area (Å²) in [5.41, 5.74) is 6.76. The fraction of sp³-hybridized carbons (Fsp3) is 0.438. The van der Waals surface area contributed by atoms with Crippen molar-refractivity contribution in [2.45, 2.75) is 37.6 Å². The van der Waals surface area contributed by atoms with Gasteiger partial charge < -0.3 is 25.3 Å². The first-order valence-corrected chi connectivity index (χ1v) is 7.22. The summed E-state index contributed by atoms with van der Waals surface area (Å²) in [5.74, 6) is -1.23. The molecule has 0 unspecified atom stereocenters. The van der Waals surface area contributed by atoms with Crippen LogP contribution in [-0.4, -0.2) is 39.5 Å². The zero-order valence-electron chi connectivity index (χ0n) is 12.6. The Bertz CT molecular complexity index is 718. The highest BCUT2D eigenvalue weighted by Crippen LogP contribution is 2.37. The lowest BCUT2D eigenvalue weighted by Crippen LogP contribution is -2.36. The summed E-state index contributed by atoms with van der Waals surface area (Å²) in [6.07, 6.45) is 0.640. The number of aliphatic hydroxyl groups is 1. The van der Waals surface area contributed by atoms with Crippen LogP contribution >= 0.6 is 0 Å². The van der Waals surface area contributed by atoms with Crippen molar-refractivity contribution in [3.8, 4) is 0 Å². The number of carboxylic acids is 1. The SMILES string of the molecule is CC(C)([C@H]1CO1)n1cc([C@@H](O)[C@H](N)C(=O)O)c2ccccc21. The summed E-state index contributed by atoms with van der Waals surface area (Å²) in [6, 6.07) is 6.22. The molecule has 6 nitrogen and oxygen atoms in total. The normalized spacial score (nSPS) is 20.8. The topological polar surface area (TPSA) is 101 Å². The quantitative estimate of drug-likeness (QED) is 0.721. The summed E-state index contributed by atoms with van der Waals surface area (Å²) >= 11 is 0. The van der Waals surface area contributed by atoms with Gasteiger partial charge in [-0.1, -0.05) is 18.2 Å².